The van der Waals surface area contributed by atoms with E-state index in [1.54, 1.807) is 0 Å². The van der Waals surface area contributed by atoms with Crippen LogP contribution >= 0.6 is 0 Å². The van der Waals surface area contributed by atoms with E-state index in [1.807, 2.05) is 0 Å². The van der Waals surface area contributed by atoms with Crippen molar-refractivity contribution in [3.8, 4) is 0 Å². The monoisotopic (exact) mass is 543 g/mol. The maximum atomic E-state index is 12.5. The molecule has 7 unspecified atom stereocenters. The summed E-state index contributed by atoms with van der Waals surface area (Å²) in [5, 5.41) is 11.8. The molecule has 7 atom stereocenters. The van der Waals surface area contributed by atoms with Crippen molar-refractivity contribution >= 4 is 17.8 Å². The lowest BCUT2D eigenvalue weighted by Crippen LogP contribution is -2.56. The second kappa shape index (κ2) is 11.9. The van der Waals surface area contributed by atoms with Gasteiger partial charge in [0, 0.05) is 6.04 Å². The Bertz CT molecular complexity index is 958. The van der Waals surface area contributed by atoms with Crippen molar-refractivity contribution < 1.29 is 24.2 Å². The molecule has 0 bridgehead atoms. The average molecular weight is 544 g/mol. The van der Waals surface area contributed by atoms with Crippen LogP contribution in [0.25, 0.3) is 0 Å². The minimum Gasteiger partial charge on any atom is -0.481 e. The quantitative estimate of drug-likeness (QED) is 0.165. The molecule has 0 aromatic heterocycles. The van der Waals surface area contributed by atoms with Crippen LogP contribution in [0.15, 0.2) is 11.6 Å². The summed E-state index contributed by atoms with van der Waals surface area (Å²) < 4.78 is 4.98. The first kappa shape index (κ1) is 30.1. The Morgan fingerprint density at radius 3 is 2.49 bits per heavy atom. The van der Waals surface area contributed by atoms with Crippen LogP contribution in [-0.2, 0) is 19.1 Å². The van der Waals surface area contributed by atoms with E-state index in [1.165, 1.54) is 56.9 Å². The number of unbranched alkanes of at least 4 members (excludes halogenated alkanes) is 1. The van der Waals surface area contributed by atoms with Crippen LogP contribution in [0.5, 0.6) is 0 Å². The molecule has 3 fully saturated rings. The Morgan fingerprint density at radius 2 is 1.77 bits per heavy atom. The topological polar surface area (TPSA) is 92.7 Å². The number of aliphatic carboxylic acids is 1. The van der Waals surface area contributed by atoms with Crippen molar-refractivity contribution in [3.05, 3.63) is 11.6 Å². The van der Waals surface area contributed by atoms with Gasteiger partial charge in [0.2, 0.25) is 0 Å². The molecule has 4 aliphatic carbocycles. The van der Waals surface area contributed by atoms with Crippen LogP contribution in [0.3, 0.4) is 0 Å². The van der Waals surface area contributed by atoms with Crippen LogP contribution < -0.4 is 5.32 Å². The van der Waals surface area contributed by atoms with Crippen LogP contribution in [0.2, 0.25) is 0 Å². The molecule has 6 nitrogen and oxygen atoms in total. The lowest BCUT2D eigenvalue weighted by Gasteiger charge is -2.63. The van der Waals surface area contributed by atoms with Gasteiger partial charge in [-0.15, -0.1) is 0 Å². The first-order chi connectivity index (χ1) is 18.4. The summed E-state index contributed by atoms with van der Waals surface area (Å²) >= 11 is 0. The molecule has 6 heteroatoms. The van der Waals surface area contributed by atoms with Crippen molar-refractivity contribution in [1.82, 2.24) is 5.32 Å². The van der Waals surface area contributed by atoms with E-state index >= 15 is 0 Å². The predicted octanol–water partition coefficient (Wildman–Crippen LogP) is 7.06. The van der Waals surface area contributed by atoms with E-state index in [9.17, 15) is 14.4 Å². The number of esters is 1. The van der Waals surface area contributed by atoms with Gasteiger partial charge < -0.3 is 15.2 Å². The van der Waals surface area contributed by atoms with Crippen molar-refractivity contribution in [2.24, 2.45) is 39.9 Å². The highest BCUT2D eigenvalue weighted by Gasteiger charge is 2.63. The largest absolute Gasteiger partial charge is 0.481 e. The maximum Gasteiger partial charge on any atom is 0.306 e. The van der Waals surface area contributed by atoms with Crippen LogP contribution in [0.1, 0.15) is 125 Å². The molecule has 3 saturated carbocycles. The standard InChI is InChI=1S/C33H53NO5/c1-22(2)8-6-7-9-23-10-11-26-31(23,3)19-16-27-32(4)18-15-25(20-24(32)14-17-33(26,27)5)34-28(35)21-39-30(38)13-12-29(36)37/h14,22-23,25-27H,6-13,15-21H2,1-5H3,(H,34,35)(H,36,37). The minimum absolute atomic E-state index is 0.0643. The first-order valence-electron chi connectivity index (χ1n) is 15.7. The average Bonchev–Trinajstić information content (AvgIpc) is 3.21. The Morgan fingerprint density at radius 1 is 1.00 bits per heavy atom. The second-order valence-corrected chi connectivity index (χ2v) is 14.5. The zero-order chi connectivity index (χ0) is 28.4. The highest BCUT2D eigenvalue weighted by Crippen LogP contribution is 2.71. The molecule has 0 aromatic rings. The molecule has 220 valence electrons. The van der Waals surface area contributed by atoms with Crippen molar-refractivity contribution in [1.29, 1.82) is 0 Å². The number of carboxylic acid groups (broad SMARTS) is 1. The second-order valence-electron chi connectivity index (χ2n) is 14.5. The van der Waals surface area contributed by atoms with Gasteiger partial charge in [0.1, 0.15) is 0 Å². The van der Waals surface area contributed by atoms with Crippen LogP contribution in [0.4, 0.5) is 0 Å². The Hall–Kier alpha value is -1.85. The van der Waals surface area contributed by atoms with Gasteiger partial charge in [0.15, 0.2) is 6.61 Å². The third-order valence-electron chi connectivity index (χ3n) is 11.7. The number of amides is 1. The first-order valence-corrected chi connectivity index (χ1v) is 15.7. The fraction of sp³-hybridized carbons (Fsp3) is 0.848. The lowest BCUT2D eigenvalue weighted by molar-refractivity contribution is -0.151. The summed E-state index contributed by atoms with van der Waals surface area (Å²) in [5.41, 5.74) is 2.57. The molecule has 0 radical (unpaired) electrons. The number of hydrogen-bond acceptors (Lipinski definition) is 4. The van der Waals surface area contributed by atoms with E-state index in [-0.39, 0.29) is 36.8 Å². The van der Waals surface area contributed by atoms with Gasteiger partial charge in [-0.1, -0.05) is 65.5 Å². The summed E-state index contributed by atoms with van der Waals surface area (Å²) in [6.45, 7) is 12.1. The summed E-state index contributed by atoms with van der Waals surface area (Å²) in [5.74, 6) is 1.21. The summed E-state index contributed by atoms with van der Waals surface area (Å²) in [7, 11) is 0. The molecular weight excluding hydrogens is 490 g/mol. The fourth-order valence-electron chi connectivity index (χ4n) is 9.66. The van der Waals surface area contributed by atoms with Gasteiger partial charge in [0.05, 0.1) is 12.8 Å². The molecular formula is C33H53NO5. The Labute approximate surface area is 236 Å². The van der Waals surface area contributed by atoms with E-state index in [0.717, 1.165) is 43.4 Å². The zero-order valence-corrected chi connectivity index (χ0v) is 25.2. The van der Waals surface area contributed by atoms with E-state index < -0.39 is 11.9 Å². The molecule has 4 rings (SSSR count). The minimum atomic E-state index is -1.05. The van der Waals surface area contributed by atoms with Gasteiger partial charge in [0.25, 0.3) is 5.91 Å². The van der Waals surface area contributed by atoms with Gasteiger partial charge >= 0.3 is 11.9 Å². The van der Waals surface area contributed by atoms with Gasteiger partial charge in [-0.25, -0.2) is 0 Å². The SMILES string of the molecule is CC(C)CCCCC1CCC2C1(C)CCC1C3(C)CCC(NC(=O)COC(=O)CCC(=O)O)CC3=CCC12C. The number of ether oxygens (including phenoxy) is 1. The van der Waals surface area contributed by atoms with Gasteiger partial charge in [-0.05, 0) is 97.7 Å². The molecule has 4 aliphatic rings. The smallest absolute Gasteiger partial charge is 0.306 e. The van der Waals surface area contributed by atoms with E-state index in [0.29, 0.717) is 16.7 Å². The fourth-order valence-corrected chi connectivity index (χ4v) is 9.66. The van der Waals surface area contributed by atoms with Crippen molar-refractivity contribution in [2.45, 2.75) is 131 Å². The number of carbonyl (C=O) groups excluding carboxylic acids is 2. The maximum absolute atomic E-state index is 12.5. The molecule has 1 amide bonds. The number of fused-ring (bicyclic) bond motifs is 5. The van der Waals surface area contributed by atoms with Crippen molar-refractivity contribution in [3.63, 3.8) is 0 Å². The molecule has 2 N–H and O–H groups in total. The Balaban J connectivity index is 1.35. The lowest BCUT2D eigenvalue weighted by atomic mass is 9.41. The number of carboxylic acids is 1. The number of rotatable bonds is 11. The highest BCUT2D eigenvalue weighted by molar-refractivity contribution is 5.82. The van der Waals surface area contributed by atoms with E-state index in [4.69, 9.17) is 9.84 Å². The zero-order valence-electron chi connectivity index (χ0n) is 25.2. The Kier molecular flexibility index (Phi) is 9.22. The number of nitrogens with one attached hydrogen (secondary N) is 1. The highest BCUT2D eigenvalue weighted by atomic mass is 16.5. The normalized spacial score (nSPS) is 37.3. The van der Waals surface area contributed by atoms with Crippen LogP contribution in [0, 0.1) is 39.9 Å². The van der Waals surface area contributed by atoms with Crippen LogP contribution in [-0.4, -0.2) is 35.6 Å². The predicted molar refractivity (Wildman–Crippen MR) is 153 cm³/mol. The number of allylic oxidation sites excluding steroid dienone is 1. The summed E-state index contributed by atoms with van der Waals surface area (Å²) in [4.78, 5) is 34.8. The number of hydrogen-bond donors (Lipinski definition) is 2. The van der Waals surface area contributed by atoms with Crippen molar-refractivity contribution in [2.75, 3.05) is 6.61 Å². The molecule has 39 heavy (non-hydrogen) atoms. The molecule has 0 aliphatic heterocycles. The third kappa shape index (κ3) is 6.25. The van der Waals surface area contributed by atoms with Gasteiger partial charge in [-0.3, -0.25) is 14.4 Å². The molecule has 0 saturated heterocycles. The third-order valence-corrected chi connectivity index (χ3v) is 11.7. The molecule has 0 spiro atoms. The molecule has 0 heterocycles. The summed E-state index contributed by atoms with van der Waals surface area (Å²) in [6.07, 6.45) is 17.1. The molecule has 0 aromatic carbocycles. The number of carbonyl (C=O) groups is 3. The van der Waals surface area contributed by atoms with Gasteiger partial charge in [-0.2, -0.15) is 0 Å². The van der Waals surface area contributed by atoms with E-state index in [2.05, 4.69) is 46.0 Å². The summed E-state index contributed by atoms with van der Waals surface area (Å²) in [6, 6.07) is 0.0643.